The largest absolute Gasteiger partial charge is 0.364 e. The minimum absolute atomic E-state index is 0.443. The predicted octanol–water partition coefficient (Wildman–Crippen LogP) is 1.13. The normalized spacial score (nSPS) is 21.1. The number of aromatic nitrogens is 1. The summed E-state index contributed by atoms with van der Waals surface area (Å²) < 4.78 is 0. The molecule has 1 unspecified atom stereocenters. The van der Waals surface area contributed by atoms with Crippen molar-refractivity contribution in [3.05, 3.63) is 29.6 Å². The summed E-state index contributed by atoms with van der Waals surface area (Å²) in [5, 5.41) is 3.28. The third-order valence-corrected chi connectivity index (χ3v) is 2.06. The molecule has 0 fully saturated rings. The van der Waals surface area contributed by atoms with Crippen LogP contribution in [-0.4, -0.2) is 23.4 Å². The second-order valence-corrected chi connectivity index (χ2v) is 3.46. The van der Waals surface area contributed by atoms with Gasteiger partial charge >= 0.3 is 0 Å². The fourth-order valence-electron chi connectivity index (χ4n) is 1.32. The van der Waals surface area contributed by atoms with Gasteiger partial charge in [-0.05, 0) is 25.5 Å². The van der Waals surface area contributed by atoms with Gasteiger partial charge in [-0.2, -0.15) is 0 Å². The number of nitrogens with zero attached hydrogens (tertiary/aromatic N) is 2. The molecule has 0 spiro atoms. The first-order valence-corrected chi connectivity index (χ1v) is 4.50. The summed E-state index contributed by atoms with van der Waals surface area (Å²) >= 11 is 0. The van der Waals surface area contributed by atoms with Gasteiger partial charge in [0.2, 0.25) is 0 Å². The highest BCUT2D eigenvalue weighted by Gasteiger charge is 2.14. The molecule has 1 N–H and O–H groups in total. The van der Waals surface area contributed by atoms with Crippen molar-refractivity contribution in [1.29, 1.82) is 0 Å². The zero-order chi connectivity index (χ0) is 9.26. The number of rotatable bonds is 1. The molecule has 68 valence electrons. The van der Waals surface area contributed by atoms with Crippen molar-refractivity contribution in [3.63, 3.8) is 0 Å². The molecule has 1 aliphatic heterocycles. The lowest BCUT2D eigenvalue weighted by Gasteiger charge is -2.04. The summed E-state index contributed by atoms with van der Waals surface area (Å²) in [5.41, 5.74) is 2.12. The summed E-state index contributed by atoms with van der Waals surface area (Å²) in [4.78, 5) is 8.66. The zero-order valence-electron chi connectivity index (χ0n) is 7.91. The van der Waals surface area contributed by atoms with E-state index in [2.05, 4.69) is 28.3 Å². The van der Waals surface area contributed by atoms with Crippen LogP contribution in [-0.2, 0) is 0 Å². The molecule has 3 heteroatoms. The van der Waals surface area contributed by atoms with Gasteiger partial charge in [0, 0.05) is 12.2 Å². The van der Waals surface area contributed by atoms with Crippen molar-refractivity contribution in [3.8, 4) is 0 Å². The van der Waals surface area contributed by atoms with Crippen LogP contribution in [0.15, 0.2) is 23.3 Å². The SMILES string of the molecule is Cc1ccc(C2=NCC(C)N2)nc1. The molecule has 13 heavy (non-hydrogen) atoms. The van der Waals surface area contributed by atoms with E-state index in [4.69, 9.17) is 0 Å². The second-order valence-electron chi connectivity index (χ2n) is 3.46. The number of pyridine rings is 1. The van der Waals surface area contributed by atoms with E-state index in [1.807, 2.05) is 19.2 Å². The minimum atomic E-state index is 0.443. The van der Waals surface area contributed by atoms with Gasteiger partial charge in [0.15, 0.2) is 0 Å². The zero-order valence-corrected chi connectivity index (χ0v) is 7.91. The van der Waals surface area contributed by atoms with Gasteiger partial charge < -0.3 is 5.32 Å². The molecule has 1 aliphatic rings. The Kier molecular flexibility index (Phi) is 2.00. The van der Waals surface area contributed by atoms with E-state index >= 15 is 0 Å². The Labute approximate surface area is 77.9 Å². The quantitative estimate of drug-likeness (QED) is 0.694. The number of nitrogens with one attached hydrogen (secondary N) is 1. The van der Waals surface area contributed by atoms with Crippen molar-refractivity contribution < 1.29 is 0 Å². The Morgan fingerprint density at radius 3 is 2.85 bits per heavy atom. The van der Waals surface area contributed by atoms with E-state index in [0.29, 0.717) is 6.04 Å². The van der Waals surface area contributed by atoms with E-state index in [0.717, 1.165) is 18.1 Å². The Bertz CT molecular complexity index is 327. The van der Waals surface area contributed by atoms with Crippen molar-refractivity contribution in [2.45, 2.75) is 19.9 Å². The molecule has 0 bridgehead atoms. The molecule has 1 atom stereocenters. The lowest BCUT2D eigenvalue weighted by atomic mass is 10.2. The van der Waals surface area contributed by atoms with Crippen molar-refractivity contribution in [2.75, 3.05) is 6.54 Å². The highest BCUT2D eigenvalue weighted by atomic mass is 15.1. The maximum Gasteiger partial charge on any atom is 0.147 e. The minimum Gasteiger partial charge on any atom is -0.364 e. The lowest BCUT2D eigenvalue weighted by Crippen LogP contribution is -2.28. The molecule has 0 radical (unpaired) electrons. The standard InChI is InChI=1S/C10H13N3/c1-7-3-4-9(11-5-7)10-12-6-8(2)13-10/h3-5,8H,6H2,1-2H3,(H,12,13). The van der Waals surface area contributed by atoms with Crippen LogP contribution >= 0.6 is 0 Å². The Hall–Kier alpha value is -1.38. The molecule has 3 nitrogen and oxygen atoms in total. The maximum absolute atomic E-state index is 4.36. The molecule has 0 saturated carbocycles. The van der Waals surface area contributed by atoms with E-state index in [9.17, 15) is 0 Å². The average Bonchev–Trinajstić information content (AvgIpc) is 2.53. The fraction of sp³-hybridized carbons (Fsp3) is 0.400. The fourth-order valence-corrected chi connectivity index (χ4v) is 1.32. The van der Waals surface area contributed by atoms with Crippen LogP contribution in [0.25, 0.3) is 0 Å². The Morgan fingerprint density at radius 2 is 2.31 bits per heavy atom. The molecule has 2 rings (SSSR count). The highest BCUT2D eigenvalue weighted by molar-refractivity contribution is 5.98. The van der Waals surface area contributed by atoms with Gasteiger partial charge in [-0.15, -0.1) is 0 Å². The lowest BCUT2D eigenvalue weighted by molar-refractivity contribution is 0.725. The van der Waals surface area contributed by atoms with Gasteiger partial charge in [0.1, 0.15) is 11.5 Å². The molecular formula is C10H13N3. The third-order valence-electron chi connectivity index (χ3n) is 2.06. The maximum atomic E-state index is 4.36. The van der Waals surface area contributed by atoms with Gasteiger partial charge in [-0.3, -0.25) is 9.98 Å². The van der Waals surface area contributed by atoms with Crippen LogP contribution in [0, 0.1) is 6.92 Å². The van der Waals surface area contributed by atoms with Gasteiger partial charge in [-0.25, -0.2) is 0 Å². The van der Waals surface area contributed by atoms with Crippen molar-refractivity contribution >= 4 is 5.84 Å². The van der Waals surface area contributed by atoms with Gasteiger partial charge in [0.25, 0.3) is 0 Å². The van der Waals surface area contributed by atoms with Crippen LogP contribution in [0.5, 0.6) is 0 Å². The summed E-state index contributed by atoms with van der Waals surface area (Å²) in [5.74, 6) is 0.924. The number of aliphatic imine (C=N–C) groups is 1. The van der Waals surface area contributed by atoms with E-state index < -0.39 is 0 Å². The molecule has 0 saturated heterocycles. The first-order valence-electron chi connectivity index (χ1n) is 4.50. The van der Waals surface area contributed by atoms with Gasteiger partial charge in [-0.1, -0.05) is 6.07 Å². The second kappa shape index (κ2) is 3.17. The molecule has 2 heterocycles. The van der Waals surface area contributed by atoms with Crippen LogP contribution in [0.3, 0.4) is 0 Å². The number of hydrogen-bond donors (Lipinski definition) is 1. The smallest absolute Gasteiger partial charge is 0.147 e. The molecule has 0 aliphatic carbocycles. The summed E-state index contributed by atoms with van der Waals surface area (Å²) in [7, 11) is 0. The highest BCUT2D eigenvalue weighted by Crippen LogP contribution is 2.04. The number of aryl methyl sites for hydroxylation is 1. The Balaban J connectivity index is 2.22. The average molecular weight is 175 g/mol. The van der Waals surface area contributed by atoms with E-state index in [-0.39, 0.29) is 0 Å². The third kappa shape index (κ3) is 1.69. The van der Waals surface area contributed by atoms with E-state index in [1.54, 1.807) is 0 Å². The van der Waals surface area contributed by atoms with Crippen LogP contribution < -0.4 is 5.32 Å². The summed E-state index contributed by atoms with van der Waals surface area (Å²) in [6, 6.07) is 4.49. The van der Waals surface area contributed by atoms with Crippen LogP contribution in [0.2, 0.25) is 0 Å². The number of amidine groups is 1. The molecule has 0 amide bonds. The predicted molar refractivity (Wildman–Crippen MR) is 53.0 cm³/mol. The van der Waals surface area contributed by atoms with E-state index in [1.165, 1.54) is 5.56 Å². The molecular weight excluding hydrogens is 162 g/mol. The van der Waals surface area contributed by atoms with Gasteiger partial charge in [0.05, 0.1) is 6.54 Å². The Morgan fingerprint density at radius 1 is 1.46 bits per heavy atom. The monoisotopic (exact) mass is 175 g/mol. The van der Waals surface area contributed by atoms with Crippen molar-refractivity contribution in [1.82, 2.24) is 10.3 Å². The van der Waals surface area contributed by atoms with Crippen LogP contribution in [0.4, 0.5) is 0 Å². The van der Waals surface area contributed by atoms with Crippen molar-refractivity contribution in [2.24, 2.45) is 4.99 Å². The number of hydrogen-bond acceptors (Lipinski definition) is 3. The first-order chi connectivity index (χ1) is 6.25. The summed E-state index contributed by atoms with van der Waals surface area (Å²) in [6.07, 6.45) is 1.86. The molecule has 1 aromatic rings. The summed E-state index contributed by atoms with van der Waals surface area (Å²) in [6.45, 7) is 5.00. The topological polar surface area (TPSA) is 37.3 Å². The first kappa shape index (κ1) is 8.23. The molecule has 1 aromatic heterocycles. The molecule has 0 aromatic carbocycles. The van der Waals surface area contributed by atoms with Crippen LogP contribution in [0.1, 0.15) is 18.2 Å².